The summed E-state index contributed by atoms with van der Waals surface area (Å²) in [6.45, 7) is 4.16. The molecular weight excluding hydrogens is 346 g/mol. The molecule has 1 aliphatic heterocycles. The summed E-state index contributed by atoms with van der Waals surface area (Å²) in [6.07, 6.45) is 2.15. The average molecular weight is 367 g/mol. The molecule has 5 nitrogen and oxygen atoms in total. The number of carbonyl (C=O) groups excluding carboxylic acids is 1. The van der Waals surface area contributed by atoms with E-state index in [1.807, 2.05) is 52.7 Å². The van der Waals surface area contributed by atoms with Crippen LogP contribution in [0.5, 0.6) is 0 Å². The fourth-order valence-corrected chi connectivity index (χ4v) is 3.97. The summed E-state index contributed by atoms with van der Waals surface area (Å²) in [6, 6.07) is 13.7. The quantitative estimate of drug-likeness (QED) is 0.694. The molecule has 134 valence electrons. The minimum Gasteiger partial charge on any atom is -0.463 e. The predicted molar refractivity (Wildman–Crippen MR) is 102 cm³/mol. The van der Waals surface area contributed by atoms with E-state index in [9.17, 15) is 4.79 Å². The fourth-order valence-electron chi connectivity index (χ4n) is 3.15. The molecule has 0 N–H and O–H groups in total. The van der Waals surface area contributed by atoms with E-state index in [2.05, 4.69) is 9.88 Å². The highest BCUT2D eigenvalue weighted by Crippen LogP contribution is 2.23. The molecule has 0 atom stereocenters. The van der Waals surface area contributed by atoms with Gasteiger partial charge in [0.25, 0.3) is 0 Å². The molecule has 1 aliphatic rings. The van der Waals surface area contributed by atoms with Crippen LogP contribution in [0.25, 0.3) is 11.5 Å². The van der Waals surface area contributed by atoms with Crippen LogP contribution < -0.4 is 0 Å². The lowest BCUT2D eigenvalue weighted by Gasteiger charge is -2.34. The van der Waals surface area contributed by atoms with E-state index in [1.165, 1.54) is 0 Å². The molecule has 6 heteroatoms. The van der Waals surface area contributed by atoms with E-state index in [0.717, 1.165) is 54.7 Å². The number of aromatic nitrogens is 1. The first kappa shape index (κ1) is 17.0. The van der Waals surface area contributed by atoms with E-state index < -0.39 is 0 Å². The average Bonchev–Trinajstić information content (AvgIpc) is 3.35. The topological polar surface area (TPSA) is 49.6 Å². The van der Waals surface area contributed by atoms with Crippen LogP contribution in [0.4, 0.5) is 0 Å². The lowest BCUT2D eigenvalue weighted by atomic mass is 10.1. The number of amides is 1. The van der Waals surface area contributed by atoms with Crippen LogP contribution in [0.1, 0.15) is 10.6 Å². The third kappa shape index (κ3) is 4.03. The molecule has 0 bridgehead atoms. The molecule has 0 saturated carbocycles. The highest BCUT2D eigenvalue weighted by molar-refractivity contribution is 7.09. The Hall–Kier alpha value is -2.44. The second kappa shape index (κ2) is 7.85. The Balaban J connectivity index is 1.28. The van der Waals surface area contributed by atoms with Gasteiger partial charge in [-0.15, -0.1) is 11.3 Å². The molecule has 0 unspecified atom stereocenters. The van der Waals surface area contributed by atoms with Gasteiger partial charge in [-0.2, -0.15) is 0 Å². The highest BCUT2D eigenvalue weighted by Gasteiger charge is 2.22. The monoisotopic (exact) mass is 367 g/mol. The Morgan fingerprint density at radius 3 is 2.62 bits per heavy atom. The smallest absolute Gasteiger partial charge is 0.227 e. The molecule has 4 rings (SSSR count). The number of piperazine rings is 1. The van der Waals surface area contributed by atoms with Crippen molar-refractivity contribution in [3.63, 3.8) is 0 Å². The SMILES string of the molecule is O=C(Cc1ccccc1)N1CCN(Cc2nc(-c3ccco3)cs2)CC1. The van der Waals surface area contributed by atoms with Crippen molar-refractivity contribution >= 4 is 17.2 Å². The van der Waals surface area contributed by atoms with E-state index >= 15 is 0 Å². The van der Waals surface area contributed by atoms with Crippen molar-refractivity contribution < 1.29 is 9.21 Å². The fraction of sp³-hybridized carbons (Fsp3) is 0.300. The Kier molecular flexibility index (Phi) is 5.13. The van der Waals surface area contributed by atoms with Gasteiger partial charge in [-0.1, -0.05) is 30.3 Å². The second-order valence-electron chi connectivity index (χ2n) is 6.42. The molecule has 3 heterocycles. The molecule has 1 aromatic carbocycles. The van der Waals surface area contributed by atoms with Gasteiger partial charge >= 0.3 is 0 Å². The van der Waals surface area contributed by atoms with Crippen molar-refractivity contribution in [2.45, 2.75) is 13.0 Å². The molecule has 0 spiro atoms. The third-order valence-electron chi connectivity index (χ3n) is 4.61. The standard InChI is InChI=1S/C20H21N3O2S/c24-20(13-16-5-2-1-3-6-16)23-10-8-22(9-11-23)14-19-21-17(15-26-19)18-7-4-12-25-18/h1-7,12,15H,8-11,13-14H2. The molecule has 0 radical (unpaired) electrons. The lowest BCUT2D eigenvalue weighted by Crippen LogP contribution is -2.48. The van der Waals surface area contributed by atoms with Gasteiger partial charge in [0.05, 0.1) is 19.2 Å². The number of carbonyl (C=O) groups is 1. The van der Waals surface area contributed by atoms with Crippen molar-refractivity contribution in [1.82, 2.24) is 14.8 Å². The minimum absolute atomic E-state index is 0.213. The van der Waals surface area contributed by atoms with Gasteiger partial charge in [-0.05, 0) is 17.7 Å². The van der Waals surface area contributed by atoms with E-state index in [4.69, 9.17) is 4.42 Å². The lowest BCUT2D eigenvalue weighted by molar-refractivity contribution is -0.132. The first-order valence-electron chi connectivity index (χ1n) is 8.80. The van der Waals surface area contributed by atoms with Gasteiger partial charge in [-0.3, -0.25) is 9.69 Å². The van der Waals surface area contributed by atoms with Crippen LogP contribution >= 0.6 is 11.3 Å². The Morgan fingerprint density at radius 2 is 1.88 bits per heavy atom. The van der Waals surface area contributed by atoms with Gasteiger partial charge in [-0.25, -0.2) is 4.98 Å². The van der Waals surface area contributed by atoms with E-state index in [-0.39, 0.29) is 5.91 Å². The van der Waals surface area contributed by atoms with E-state index in [0.29, 0.717) is 6.42 Å². The summed E-state index contributed by atoms with van der Waals surface area (Å²) in [4.78, 5) is 21.4. The highest BCUT2D eigenvalue weighted by atomic mass is 32.1. The van der Waals surface area contributed by atoms with Crippen LogP contribution in [-0.2, 0) is 17.8 Å². The molecule has 1 fully saturated rings. The van der Waals surface area contributed by atoms with Gasteiger partial charge in [0.15, 0.2) is 5.76 Å². The Labute approximate surface area is 156 Å². The second-order valence-corrected chi connectivity index (χ2v) is 7.37. The molecular formula is C20H21N3O2S. The first-order valence-corrected chi connectivity index (χ1v) is 9.68. The minimum atomic E-state index is 0.213. The maximum atomic E-state index is 12.5. The van der Waals surface area contributed by atoms with E-state index in [1.54, 1.807) is 17.6 Å². The molecule has 2 aromatic heterocycles. The van der Waals surface area contributed by atoms with Crippen molar-refractivity contribution in [3.8, 4) is 11.5 Å². The van der Waals surface area contributed by atoms with Crippen LogP contribution in [0.15, 0.2) is 58.5 Å². The van der Waals surface area contributed by atoms with Gasteiger partial charge in [0.2, 0.25) is 5.91 Å². The number of hydrogen-bond donors (Lipinski definition) is 0. The van der Waals surface area contributed by atoms with Gasteiger partial charge in [0.1, 0.15) is 10.7 Å². The summed E-state index contributed by atoms with van der Waals surface area (Å²) in [7, 11) is 0. The Morgan fingerprint density at radius 1 is 1.08 bits per heavy atom. The van der Waals surface area contributed by atoms with Gasteiger partial charge in [0, 0.05) is 31.6 Å². The molecule has 26 heavy (non-hydrogen) atoms. The van der Waals surface area contributed by atoms with Crippen LogP contribution in [0.2, 0.25) is 0 Å². The normalized spacial score (nSPS) is 15.3. The zero-order valence-electron chi connectivity index (χ0n) is 14.5. The van der Waals surface area contributed by atoms with Crippen LogP contribution in [0.3, 0.4) is 0 Å². The number of hydrogen-bond acceptors (Lipinski definition) is 5. The number of rotatable bonds is 5. The summed E-state index contributed by atoms with van der Waals surface area (Å²) >= 11 is 1.66. The third-order valence-corrected chi connectivity index (χ3v) is 5.44. The maximum Gasteiger partial charge on any atom is 0.227 e. The molecule has 1 saturated heterocycles. The summed E-state index contributed by atoms with van der Waals surface area (Å²) in [5.74, 6) is 1.02. The van der Waals surface area contributed by atoms with Crippen LogP contribution in [0, 0.1) is 0 Å². The first-order chi connectivity index (χ1) is 12.8. The zero-order chi connectivity index (χ0) is 17.8. The van der Waals surface area contributed by atoms with Crippen molar-refractivity contribution in [3.05, 3.63) is 64.7 Å². The number of benzene rings is 1. The molecule has 1 amide bonds. The predicted octanol–water partition coefficient (Wildman–Crippen LogP) is 3.29. The number of nitrogens with zero attached hydrogens (tertiary/aromatic N) is 3. The molecule has 3 aromatic rings. The molecule has 0 aliphatic carbocycles. The maximum absolute atomic E-state index is 12.5. The largest absolute Gasteiger partial charge is 0.463 e. The van der Waals surface area contributed by atoms with Crippen molar-refractivity contribution in [2.24, 2.45) is 0 Å². The van der Waals surface area contributed by atoms with Gasteiger partial charge < -0.3 is 9.32 Å². The number of thiazole rings is 1. The van der Waals surface area contributed by atoms with Crippen LogP contribution in [-0.4, -0.2) is 46.9 Å². The summed E-state index contributed by atoms with van der Waals surface area (Å²) < 4.78 is 5.40. The van der Waals surface area contributed by atoms with Crippen molar-refractivity contribution in [1.29, 1.82) is 0 Å². The summed E-state index contributed by atoms with van der Waals surface area (Å²) in [5.41, 5.74) is 1.97. The van der Waals surface area contributed by atoms with Crippen molar-refractivity contribution in [2.75, 3.05) is 26.2 Å². The number of furan rings is 1. The zero-order valence-corrected chi connectivity index (χ0v) is 15.3. The summed E-state index contributed by atoms with van der Waals surface area (Å²) in [5, 5.41) is 3.12. The Bertz CT molecular complexity index is 837.